The third kappa shape index (κ3) is 3.31. The van der Waals surface area contributed by atoms with Crippen molar-refractivity contribution in [3.8, 4) is 0 Å². The molecule has 1 N–H and O–H groups in total. The first-order valence-corrected chi connectivity index (χ1v) is 10.2. The second kappa shape index (κ2) is 6.09. The number of hydrogen-bond donors (Lipinski definition) is 1. The van der Waals surface area contributed by atoms with Crippen molar-refractivity contribution in [3.63, 3.8) is 0 Å². The SMILES string of the molecule is CN1CCC(C(=O)NC2CC3CCC(C2)N3S(C)(=O)=O)CC1. The molecule has 2 atom stereocenters. The normalized spacial score (nSPS) is 34.7. The summed E-state index contributed by atoms with van der Waals surface area (Å²) in [6, 6.07) is 0.302. The van der Waals surface area contributed by atoms with E-state index in [-0.39, 0.29) is 30.0 Å². The monoisotopic (exact) mass is 329 g/mol. The summed E-state index contributed by atoms with van der Waals surface area (Å²) in [6.07, 6.45) is 6.55. The highest BCUT2D eigenvalue weighted by atomic mass is 32.2. The van der Waals surface area contributed by atoms with E-state index >= 15 is 0 Å². The highest BCUT2D eigenvalue weighted by molar-refractivity contribution is 7.88. The van der Waals surface area contributed by atoms with Crippen LogP contribution in [0.3, 0.4) is 0 Å². The fraction of sp³-hybridized carbons (Fsp3) is 0.933. The van der Waals surface area contributed by atoms with E-state index in [9.17, 15) is 13.2 Å². The molecule has 0 aliphatic carbocycles. The number of likely N-dealkylation sites (tertiary alicyclic amines) is 1. The number of sulfonamides is 1. The molecule has 2 unspecified atom stereocenters. The van der Waals surface area contributed by atoms with E-state index < -0.39 is 10.0 Å². The van der Waals surface area contributed by atoms with Crippen LogP contribution in [-0.2, 0) is 14.8 Å². The minimum Gasteiger partial charge on any atom is -0.353 e. The van der Waals surface area contributed by atoms with Gasteiger partial charge in [-0.25, -0.2) is 8.42 Å². The largest absolute Gasteiger partial charge is 0.353 e. The maximum Gasteiger partial charge on any atom is 0.223 e. The first-order chi connectivity index (χ1) is 10.3. The number of carbonyl (C=O) groups is 1. The Morgan fingerprint density at radius 3 is 2.09 bits per heavy atom. The molecule has 1 amide bonds. The van der Waals surface area contributed by atoms with Gasteiger partial charge in [-0.3, -0.25) is 4.79 Å². The van der Waals surface area contributed by atoms with Crippen molar-refractivity contribution < 1.29 is 13.2 Å². The highest BCUT2D eigenvalue weighted by Crippen LogP contribution is 2.37. The molecule has 3 aliphatic rings. The molecule has 3 fully saturated rings. The summed E-state index contributed by atoms with van der Waals surface area (Å²) in [5.41, 5.74) is 0. The Bertz CT molecular complexity index is 514. The third-order valence-electron chi connectivity index (χ3n) is 5.48. The Hall–Kier alpha value is -0.660. The highest BCUT2D eigenvalue weighted by Gasteiger charge is 2.45. The van der Waals surface area contributed by atoms with Crippen molar-refractivity contribution in [1.82, 2.24) is 14.5 Å². The summed E-state index contributed by atoms with van der Waals surface area (Å²) in [4.78, 5) is 14.7. The number of rotatable bonds is 3. The zero-order valence-electron chi connectivity index (χ0n) is 13.5. The molecule has 22 heavy (non-hydrogen) atoms. The van der Waals surface area contributed by atoms with Crippen LogP contribution < -0.4 is 5.32 Å². The summed E-state index contributed by atoms with van der Waals surface area (Å²) in [7, 11) is -1.04. The molecule has 2 bridgehead atoms. The van der Waals surface area contributed by atoms with Gasteiger partial charge in [-0.2, -0.15) is 4.31 Å². The molecular formula is C15H27N3O3S. The molecule has 0 saturated carbocycles. The Kier molecular flexibility index (Phi) is 4.49. The predicted molar refractivity (Wildman–Crippen MR) is 84.9 cm³/mol. The number of piperidine rings is 2. The lowest BCUT2D eigenvalue weighted by Gasteiger charge is -2.38. The number of nitrogens with zero attached hydrogens (tertiary/aromatic N) is 2. The first kappa shape index (κ1) is 16.2. The van der Waals surface area contributed by atoms with Crippen LogP contribution in [0.5, 0.6) is 0 Å². The van der Waals surface area contributed by atoms with Gasteiger partial charge in [0.25, 0.3) is 0 Å². The zero-order chi connectivity index (χ0) is 15.9. The van der Waals surface area contributed by atoms with Crippen molar-refractivity contribution in [1.29, 1.82) is 0 Å². The van der Waals surface area contributed by atoms with Crippen molar-refractivity contribution in [3.05, 3.63) is 0 Å². The van der Waals surface area contributed by atoms with Crippen LogP contribution in [0.4, 0.5) is 0 Å². The minimum absolute atomic E-state index is 0.0801. The van der Waals surface area contributed by atoms with Crippen LogP contribution in [-0.4, -0.2) is 68.0 Å². The Balaban J connectivity index is 1.56. The van der Waals surface area contributed by atoms with Gasteiger partial charge in [0.2, 0.25) is 15.9 Å². The quantitative estimate of drug-likeness (QED) is 0.814. The van der Waals surface area contributed by atoms with Crippen LogP contribution in [0.25, 0.3) is 0 Å². The summed E-state index contributed by atoms with van der Waals surface area (Å²) < 4.78 is 25.5. The molecule has 3 heterocycles. The fourth-order valence-electron chi connectivity index (χ4n) is 4.38. The van der Waals surface area contributed by atoms with Gasteiger partial charge in [0.15, 0.2) is 0 Å². The van der Waals surface area contributed by atoms with E-state index in [1.807, 2.05) is 0 Å². The lowest BCUT2D eigenvalue weighted by molar-refractivity contribution is -0.127. The Labute approximate surface area is 133 Å². The van der Waals surface area contributed by atoms with E-state index in [2.05, 4.69) is 17.3 Å². The van der Waals surface area contributed by atoms with E-state index in [1.165, 1.54) is 6.26 Å². The maximum atomic E-state index is 12.4. The predicted octanol–water partition coefficient (Wildman–Crippen LogP) is 0.399. The van der Waals surface area contributed by atoms with E-state index in [0.29, 0.717) is 0 Å². The first-order valence-electron chi connectivity index (χ1n) is 8.32. The number of carbonyl (C=O) groups excluding carboxylic acids is 1. The molecule has 0 aromatic heterocycles. The van der Waals surface area contributed by atoms with Gasteiger partial charge in [-0.15, -0.1) is 0 Å². The van der Waals surface area contributed by atoms with E-state index in [4.69, 9.17) is 0 Å². The van der Waals surface area contributed by atoms with Gasteiger partial charge in [-0.05, 0) is 58.7 Å². The van der Waals surface area contributed by atoms with Crippen LogP contribution in [0, 0.1) is 5.92 Å². The van der Waals surface area contributed by atoms with Gasteiger partial charge in [0.1, 0.15) is 0 Å². The topological polar surface area (TPSA) is 69.7 Å². The lowest BCUT2D eigenvalue weighted by atomic mass is 9.94. The molecule has 0 aromatic carbocycles. The molecule has 0 radical (unpaired) electrons. The second-order valence-corrected chi connectivity index (χ2v) is 9.12. The summed E-state index contributed by atoms with van der Waals surface area (Å²) in [6.45, 7) is 1.96. The smallest absolute Gasteiger partial charge is 0.223 e. The lowest BCUT2D eigenvalue weighted by Crippen LogP contribution is -2.53. The molecule has 0 spiro atoms. The average molecular weight is 329 g/mol. The zero-order valence-corrected chi connectivity index (χ0v) is 14.3. The Morgan fingerprint density at radius 1 is 1.05 bits per heavy atom. The van der Waals surface area contributed by atoms with Crippen molar-refractivity contribution in [2.45, 2.75) is 56.7 Å². The number of hydrogen-bond acceptors (Lipinski definition) is 4. The van der Waals surface area contributed by atoms with Gasteiger partial charge >= 0.3 is 0 Å². The Morgan fingerprint density at radius 2 is 1.59 bits per heavy atom. The molecule has 3 saturated heterocycles. The van der Waals surface area contributed by atoms with E-state index in [0.717, 1.165) is 51.6 Å². The third-order valence-corrected chi connectivity index (χ3v) is 6.85. The van der Waals surface area contributed by atoms with Crippen LogP contribution >= 0.6 is 0 Å². The number of fused-ring (bicyclic) bond motifs is 2. The van der Waals surface area contributed by atoms with Gasteiger partial charge < -0.3 is 10.2 Å². The molecular weight excluding hydrogens is 302 g/mol. The van der Waals surface area contributed by atoms with Crippen LogP contribution in [0.1, 0.15) is 38.5 Å². The van der Waals surface area contributed by atoms with Crippen LogP contribution in [0.15, 0.2) is 0 Å². The van der Waals surface area contributed by atoms with Crippen LogP contribution in [0.2, 0.25) is 0 Å². The average Bonchev–Trinajstić information content (AvgIpc) is 2.72. The van der Waals surface area contributed by atoms with Gasteiger partial charge in [-0.1, -0.05) is 0 Å². The standard InChI is InChI=1S/C15H27N3O3S/c1-17-7-5-11(6-8-17)15(19)16-12-9-13-3-4-14(10-12)18(13)22(2,20)21/h11-14H,3-10H2,1-2H3,(H,16,19). The molecule has 0 aromatic rings. The molecule has 3 aliphatic heterocycles. The maximum absolute atomic E-state index is 12.4. The fourth-order valence-corrected chi connectivity index (χ4v) is 5.85. The van der Waals surface area contributed by atoms with Gasteiger partial charge in [0.05, 0.1) is 6.26 Å². The van der Waals surface area contributed by atoms with Gasteiger partial charge in [0, 0.05) is 24.0 Å². The summed E-state index contributed by atoms with van der Waals surface area (Å²) in [5, 5.41) is 3.20. The molecule has 3 rings (SSSR count). The van der Waals surface area contributed by atoms with E-state index in [1.54, 1.807) is 4.31 Å². The molecule has 6 nitrogen and oxygen atoms in total. The number of amides is 1. The summed E-state index contributed by atoms with van der Waals surface area (Å²) >= 11 is 0. The van der Waals surface area contributed by atoms with Crippen molar-refractivity contribution in [2.75, 3.05) is 26.4 Å². The summed E-state index contributed by atoms with van der Waals surface area (Å²) in [5.74, 6) is 0.298. The molecule has 126 valence electrons. The molecule has 7 heteroatoms. The number of nitrogens with one attached hydrogen (secondary N) is 1. The minimum atomic E-state index is -3.13. The van der Waals surface area contributed by atoms with Crippen molar-refractivity contribution in [2.24, 2.45) is 5.92 Å². The van der Waals surface area contributed by atoms with Crippen molar-refractivity contribution >= 4 is 15.9 Å². The second-order valence-electron chi connectivity index (χ2n) is 7.23.